The van der Waals surface area contributed by atoms with E-state index < -0.39 is 10.7 Å². The van der Waals surface area contributed by atoms with E-state index in [0.29, 0.717) is 24.6 Å². The number of hydrogen-bond acceptors (Lipinski definition) is 10. The van der Waals surface area contributed by atoms with Crippen molar-refractivity contribution in [3.05, 3.63) is 56.3 Å². The van der Waals surface area contributed by atoms with Gasteiger partial charge in [0.15, 0.2) is 17.4 Å². The van der Waals surface area contributed by atoms with Crippen LogP contribution >= 0.6 is 15.9 Å². The van der Waals surface area contributed by atoms with Gasteiger partial charge in [0.25, 0.3) is 6.20 Å². The highest BCUT2D eigenvalue weighted by atomic mass is 79.9. The van der Waals surface area contributed by atoms with Gasteiger partial charge in [-0.3, -0.25) is 20.8 Å². The van der Waals surface area contributed by atoms with Gasteiger partial charge in [-0.1, -0.05) is 0 Å². The number of amidine groups is 1. The lowest BCUT2D eigenvalue weighted by atomic mass is 10.1. The zero-order valence-electron chi connectivity index (χ0n) is 15.0. The van der Waals surface area contributed by atoms with E-state index in [9.17, 15) is 19.7 Å². The zero-order chi connectivity index (χ0) is 21.0. The lowest BCUT2D eigenvalue weighted by Gasteiger charge is -2.41. The maximum atomic E-state index is 13.4. The Kier molecular flexibility index (Phi) is 6.23. The Morgan fingerprint density at radius 1 is 1.52 bits per heavy atom. The van der Waals surface area contributed by atoms with Crippen LogP contribution in [-0.4, -0.2) is 57.4 Å². The van der Waals surface area contributed by atoms with Crippen LogP contribution in [0.2, 0.25) is 0 Å². The van der Waals surface area contributed by atoms with Crippen molar-refractivity contribution in [2.75, 3.05) is 25.5 Å². The molecule has 0 atom stereocenters. The van der Waals surface area contributed by atoms with Gasteiger partial charge in [0.2, 0.25) is 5.82 Å². The van der Waals surface area contributed by atoms with Gasteiger partial charge in [-0.05, 0) is 44.4 Å². The molecule has 0 spiro atoms. The topological polar surface area (TPSA) is 154 Å². The SMILES string of the molecule is CNC(=C[N+](=O)[O-])N1CC(Nc2nonc2C(=Nc2ccc(F)c(Br)c2)NO)C1. The Bertz CT molecular complexity index is 960. The molecule has 0 aliphatic carbocycles. The number of benzene rings is 1. The molecule has 0 amide bonds. The van der Waals surface area contributed by atoms with Crippen LogP contribution in [0, 0.1) is 15.9 Å². The van der Waals surface area contributed by atoms with E-state index in [1.807, 2.05) is 5.48 Å². The smallest absolute Gasteiger partial charge is 0.274 e. The minimum atomic E-state index is -0.532. The molecular formula is C15H16BrFN8O4. The highest BCUT2D eigenvalue weighted by Crippen LogP contribution is 2.24. The van der Waals surface area contributed by atoms with Crippen molar-refractivity contribution in [1.29, 1.82) is 0 Å². The summed E-state index contributed by atoms with van der Waals surface area (Å²) >= 11 is 3.07. The van der Waals surface area contributed by atoms with Crippen molar-refractivity contribution in [2.24, 2.45) is 4.99 Å². The molecule has 1 fully saturated rings. The number of anilines is 1. The monoisotopic (exact) mass is 470 g/mol. The van der Waals surface area contributed by atoms with E-state index in [1.165, 1.54) is 18.2 Å². The fraction of sp³-hybridized carbons (Fsp3) is 0.267. The van der Waals surface area contributed by atoms with Crippen LogP contribution in [0.15, 0.2) is 44.3 Å². The standard InChI is InChI=1S/C15H16BrFN8O4/c1-18-12(7-25(27)28)24-5-9(6-24)20-15-13(22-29-23-15)14(21-26)19-8-2-3-11(17)10(16)4-8/h2-4,7,9,18,26H,5-6H2,1H3,(H,19,21)(H,20,23). The van der Waals surface area contributed by atoms with Crippen LogP contribution in [0.25, 0.3) is 0 Å². The van der Waals surface area contributed by atoms with Gasteiger partial charge in [-0.2, -0.15) is 0 Å². The molecule has 1 aliphatic heterocycles. The first-order valence-electron chi connectivity index (χ1n) is 8.22. The molecule has 1 aromatic carbocycles. The van der Waals surface area contributed by atoms with E-state index in [0.717, 1.165) is 6.20 Å². The molecule has 4 N–H and O–H groups in total. The van der Waals surface area contributed by atoms with Gasteiger partial charge in [-0.15, -0.1) is 0 Å². The van der Waals surface area contributed by atoms with Crippen molar-refractivity contribution in [1.82, 2.24) is 26.0 Å². The zero-order valence-corrected chi connectivity index (χ0v) is 16.6. The largest absolute Gasteiger partial charge is 0.370 e. The van der Waals surface area contributed by atoms with Crippen LogP contribution < -0.4 is 16.1 Å². The van der Waals surface area contributed by atoms with Crippen molar-refractivity contribution in [3.8, 4) is 0 Å². The molecule has 154 valence electrons. The molecule has 0 unspecified atom stereocenters. The first kappa shape index (κ1) is 20.5. The third-order valence-electron chi connectivity index (χ3n) is 4.01. The first-order chi connectivity index (χ1) is 13.9. The summed E-state index contributed by atoms with van der Waals surface area (Å²) in [4.78, 5) is 16.1. The minimum absolute atomic E-state index is 0.0624. The molecule has 2 heterocycles. The quantitative estimate of drug-likeness (QED) is 0.202. The van der Waals surface area contributed by atoms with Gasteiger partial charge >= 0.3 is 0 Å². The van der Waals surface area contributed by atoms with Gasteiger partial charge in [-0.25, -0.2) is 14.0 Å². The summed E-state index contributed by atoms with van der Waals surface area (Å²) in [5.74, 6) is 0.0928. The van der Waals surface area contributed by atoms with E-state index >= 15 is 0 Å². The average Bonchev–Trinajstić information content (AvgIpc) is 3.11. The lowest BCUT2D eigenvalue weighted by molar-refractivity contribution is -0.404. The molecule has 0 saturated carbocycles. The summed E-state index contributed by atoms with van der Waals surface area (Å²) in [7, 11) is 1.60. The molecular weight excluding hydrogens is 455 g/mol. The number of rotatable bonds is 7. The Morgan fingerprint density at radius 3 is 2.90 bits per heavy atom. The highest BCUT2D eigenvalue weighted by Gasteiger charge is 2.31. The third-order valence-corrected chi connectivity index (χ3v) is 4.62. The number of aliphatic imine (C=N–C) groups is 1. The molecule has 1 saturated heterocycles. The van der Waals surface area contributed by atoms with Crippen molar-refractivity contribution < 1.29 is 19.2 Å². The molecule has 1 aromatic heterocycles. The number of halogens is 2. The molecule has 0 radical (unpaired) electrons. The predicted octanol–water partition coefficient (Wildman–Crippen LogP) is 1.42. The van der Waals surface area contributed by atoms with Gasteiger partial charge in [0.1, 0.15) is 5.82 Å². The van der Waals surface area contributed by atoms with Gasteiger partial charge in [0.05, 0.1) is 21.1 Å². The summed E-state index contributed by atoms with van der Waals surface area (Å²) < 4.78 is 18.3. The molecule has 1 aliphatic rings. The number of hydrogen-bond donors (Lipinski definition) is 4. The Morgan fingerprint density at radius 2 is 2.28 bits per heavy atom. The summed E-state index contributed by atoms with van der Waals surface area (Å²) in [6.45, 7) is 0.938. The third kappa shape index (κ3) is 4.78. The van der Waals surface area contributed by atoms with Crippen LogP contribution in [0.3, 0.4) is 0 Å². The lowest BCUT2D eigenvalue weighted by Crippen LogP contribution is -2.56. The average molecular weight is 471 g/mol. The maximum absolute atomic E-state index is 13.4. The molecule has 12 nitrogen and oxygen atoms in total. The van der Waals surface area contributed by atoms with E-state index in [2.05, 4.69) is 41.9 Å². The van der Waals surface area contributed by atoms with Crippen molar-refractivity contribution in [2.45, 2.75) is 6.04 Å². The van der Waals surface area contributed by atoms with E-state index in [4.69, 9.17) is 4.63 Å². The Labute approximate surface area is 171 Å². The summed E-state index contributed by atoms with van der Waals surface area (Å²) in [6.07, 6.45) is 0.889. The first-order valence-corrected chi connectivity index (χ1v) is 9.02. The number of likely N-dealkylation sites (tertiary alicyclic amines) is 1. The molecule has 3 rings (SSSR count). The Balaban J connectivity index is 1.71. The minimum Gasteiger partial charge on any atom is -0.370 e. The highest BCUT2D eigenvalue weighted by molar-refractivity contribution is 9.10. The van der Waals surface area contributed by atoms with Gasteiger partial charge < -0.3 is 15.5 Å². The second kappa shape index (κ2) is 8.83. The summed E-state index contributed by atoms with van der Waals surface area (Å²) in [5, 5.41) is 33.4. The van der Waals surface area contributed by atoms with E-state index in [1.54, 1.807) is 11.9 Å². The van der Waals surface area contributed by atoms with E-state index in [-0.39, 0.29) is 27.9 Å². The fourth-order valence-electron chi connectivity index (χ4n) is 2.62. The van der Waals surface area contributed by atoms with Crippen LogP contribution in [0.1, 0.15) is 5.69 Å². The molecule has 14 heteroatoms. The molecule has 2 aromatic rings. The second-order valence-electron chi connectivity index (χ2n) is 5.93. The number of nitrogens with zero attached hydrogens (tertiary/aromatic N) is 5. The fourth-order valence-corrected chi connectivity index (χ4v) is 2.98. The predicted molar refractivity (Wildman–Crippen MR) is 103 cm³/mol. The van der Waals surface area contributed by atoms with Crippen LogP contribution in [0.4, 0.5) is 15.9 Å². The normalized spacial score (nSPS) is 15.1. The van der Waals surface area contributed by atoms with Crippen LogP contribution in [0.5, 0.6) is 0 Å². The van der Waals surface area contributed by atoms with Crippen molar-refractivity contribution >= 4 is 33.3 Å². The Hall–Kier alpha value is -3.26. The van der Waals surface area contributed by atoms with Crippen LogP contribution in [-0.2, 0) is 0 Å². The van der Waals surface area contributed by atoms with Gasteiger partial charge in [0, 0.05) is 20.1 Å². The number of nitro groups is 1. The van der Waals surface area contributed by atoms with Crippen molar-refractivity contribution in [3.63, 3.8) is 0 Å². The number of hydroxylamine groups is 1. The molecule has 0 bridgehead atoms. The molecule has 29 heavy (non-hydrogen) atoms. The second-order valence-corrected chi connectivity index (χ2v) is 6.78. The maximum Gasteiger partial charge on any atom is 0.274 e. The number of aromatic nitrogens is 2. The summed E-state index contributed by atoms with van der Waals surface area (Å²) in [6, 6.07) is 3.98. The number of nitrogens with one attached hydrogen (secondary N) is 3. The summed E-state index contributed by atoms with van der Waals surface area (Å²) in [5.41, 5.74) is 2.39.